The number of nitrogens with one attached hydrogen (secondary N) is 2. The van der Waals surface area contributed by atoms with Crippen molar-refractivity contribution in [3.05, 3.63) is 33.7 Å². The summed E-state index contributed by atoms with van der Waals surface area (Å²) in [4.78, 5) is 26.0. The Bertz CT molecular complexity index is 654. The minimum atomic E-state index is -4.67. The van der Waals surface area contributed by atoms with E-state index < -0.39 is 29.0 Å². The standard InChI is InChI=1S/C9H5F3N2O3/c10-9(11,12)3-1-4(7(15)16)6-5(2-3)13-8(17)14-6/h1-2H,(H,15,16)(H2,13,14,17). The van der Waals surface area contributed by atoms with Gasteiger partial charge in [-0.3, -0.25) is 0 Å². The molecule has 1 heterocycles. The van der Waals surface area contributed by atoms with Crippen molar-refractivity contribution in [3.63, 3.8) is 0 Å². The van der Waals surface area contributed by atoms with Gasteiger partial charge >= 0.3 is 17.8 Å². The number of H-pyrrole nitrogens is 2. The fourth-order valence-electron chi connectivity index (χ4n) is 1.47. The molecule has 0 atom stereocenters. The monoisotopic (exact) mass is 246 g/mol. The Balaban J connectivity index is 2.85. The minimum Gasteiger partial charge on any atom is -0.478 e. The first-order chi connectivity index (χ1) is 7.79. The number of fused-ring (bicyclic) bond motifs is 1. The maximum atomic E-state index is 12.5. The Hall–Kier alpha value is -2.25. The van der Waals surface area contributed by atoms with E-state index >= 15 is 0 Å². The van der Waals surface area contributed by atoms with Gasteiger partial charge in [0.15, 0.2) is 0 Å². The van der Waals surface area contributed by atoms with E-state index in [1.54, 1.807) is 0 Å². The maximum absolute atomic E-state index is 12.5. The van der Waals surface area contributed by atoms with E-state index in [2.05, 4.69) is 9.97 Å². The molecule has 8 heteroatoms. The van der Waals surface area contributed by atoms with Crippen molar-refractivity contribution in [1.82, 2.24) is 9.97 Å². The molecule has 0 amide bonds. The molecule has 1 aromatic carbocycles. The summed E-state index contributed by atoms with van der Waals surface area (Å²) in [5.74, 6) is -1.55. The lowest BCUT2D eigenvalue weighted by molar-refractivity contribution is -0.137. The number of halogens is 3. The summed E-state index contributed by atoms with van der Waals surface area (Å²) in [6.45, 7) is 0. The van der Waals surface area contributed by atoms with Gasteiger partial charge in [-0.25, -0.2) is 9.59 Å². The smallest absolute Gasteiger partial charge is 0.416 e. The number of imidazole rings is 1. The van der Waals surface area contributed by atoms with Crippen LogP contribution in [0, 0.1) is 0 Å². The van der Waals surface area contributed by atoms with E-state index in [0.717, 1.165) is 0 Å². The third-order valence-corrected chi connectivity index (χ3v) is 2.18. The zero-order valence-corrected chi connectivity index (χ0v) is 8.05. The van der Waals surface area contributed by atoms with Crippen LogP contribution in [0.5, 0.6) is 0 Å². The first-order valence-corrected chi connectivity index (χ1v) is 4.35. The van der Waals surface area contributed by atoms with Gasteiger partial charge < -0.3 is 15.1 Å². The van der Waals surface area contributed by atoms with Crippen LogP contribution in [0.3, 0.4) is 0 Å². The van der Waals surface area contributed by atoms with Crippen molar-refractivity contribution >= 4 is 17.0 Å². The molecule has 90 valence electrons. The summed E-state index contributed by atoms with van der Waals surface area (Å²) in [7, 11) is 0. The van der Waals surface area contributed by atoms with Crippen molar-refractivity contribution in [3.8, 4) is 0 Å². The molecule has 2 aromatic rings. The number of aromatic amines is 2. The average molecular weight is 246 g/mol. The largest absolute Gasteiger partial charge is 0.478 e. The number of hydrogen-bond donors (Lipinski definition) is 3. The fourth-order valence-corrected chi connectivity index (χ4v) is 1.47. The van der Waals surface area contributed by atoms with Crippen LogP contribution in [0.25, 0.3) is 11.0 Å². The molecule has 1 aromatic heterocycles. The highest BCUT2D eigenvalue weighted by atomic mass is 19.4. The van der Waals surface area contributed by atoms with Gasteiger partial charge in [0, 0.05) is 0 Å². The summed E-state index contributed by atoms with van der Waals surface area (Å²) in [5, 5.41) is 8.78. The predicted molar refractivity (Wildman–Crippen MR) is 50.9 cm³/mol. The van der Waals surface area contributed by atoms with Gasteiger partial charge in [-0.1, -0.05) is 0 Å². The fraction of sp³-hybridized carbons (Fsp3) is 0.111. The number of alkyl halides is 3. The first-order valence-electron chi connectivity index (χ1n) is 4.35. The number of carboxylic acid groups (broad SMARTS) is 1. The molecule has 3 N–H and O–H groups in total. The van der Waals surface area contributed by atoms with Gasteiger partial charge in [-0.15, -0.1) is 0 Å². The van der Waals surface area contributed by atoms with Crippen molar-refractivity contribution < 1.29 is 23.1 Å². The summed E-state index contributed by atoms with van der Waals surface area (Å²) >= 11 is 0. The highest BCUT2D eigenvalue weighted by Gasteiger charge is 2.32. The topological polar surface area (TPSA) is 85.9 Å². The van der Waals surface area contributed by atoms with Gasteiger partial charge in [-0.05, 0) is 12.1 Å². The van der Waals surface area contributed by atoms with Gasteiger partial charge in [0.05, 0.1) is 22.2 Å². The van der Waals surface area contributed by atoms with Gasteiger partial charge in [0.1, 0.15) is 0 Å². The van der Waals surface area contributed by atoms with Crippen LogP contribution in [0.4, 0.5) is 13.2 Å². The molecule has 0 fully saturated rings. The lowest BCUT2D eigenvalue weighted by atomic mass is 10.1. The van der Waals surface area contributed by atoms with Crippen molar-refractivity contribution in [2.45, 2.75) is 6.18 Å². The molecule has 2 rings (SSSR count). The number of aromatic carboxylic acids is 1. The maximum Gasteiger partial charge on any atom is 0.416 e. The Labute approximate surface area is 90.9 Å². The Morgan fingerprint density at radius 1 is 1.24 bits per heavy atom. The second-order valence-corrected chi connectivity index (χ2v) is 3.33. The third kappa shape index (κ3) is 1.88. The summed E-state index contributed by atoms with van der Waals surface area (Å²) < 4.78 is 37.4. The summed E-state index contributed by atoms with van der Waals surface area (Å²) in [6.07, 6.45) is -4.67. The zero-order valence-electron chi connectivity index (χ0n) is 8.05. The van der Waals surface area contributed by atoms with E-state index in [4.69, 9.17) is 5.11 Å². The number of rotatable bonds is 1. The number of hydrogen-bond acceptors (Lipinski definition) is 2. The van der Waals surface area contributed by atoms with E-state index in [1.807, 2.05) is 0 Å². The van der Waals surface area contributed by atoms with Crippen LogP contribution >= 0.6 is 0 Å². The number of carbonyl (C=O) groups is 1. The molecule has 17 heavy (non-hydrogen) atoms. The molecular weight excluding hydrogens is 241 g/mol. The van der Waals surface area contributed by atoms with Crippen LogP contribution in [-0.4, -0.2) is 21.0 Å². The molecule has 0 radical (unpaired) electrons. The highest BCUT2D eigenvalue weighted by molar-refractivity contribution is 6.01. The quantitative estimate of drug-likeness (QED) is 0.713. The molecule has 0 saturated carbocycles. The van der Waals surface area contributed by atoms with Gasteiger partial charge in [0.25, 0.3) is 0 Å². The normalized spacial score (nSPS) is 11.9. The van der Waals surface area contributed by atoms with Crippen molar-refractivity contribution in [2.75, 3.05) is 0 Å². The first kappa shape index (κ1) is 11.2. The molecule has 5 nitrogen and oxygen atoms in total. The molecule has 0 spiro atoms. The predicted octanol–water partition coefficient (Wildman–Crippen LogP) is 1.57. The van der Waals surface area contributed by atoms with Gasteiger partial charge in [0.2, 0.25) is 0 Å². The summed E-state index contributed by atoms with van der Waals surface area (Å²) in [5.41, 5.74) is -2.84. The molecule has 0 aliphatic carbocycles. The highest BCUT2D eigenvalue weighted by Crippen LogP contribution is 2.32. The van der Waals surface area contributed by atoms with Crippen molar-refractivity contribution in [1.29, 1.82) is 0 Å². The summed E-state index contributed by atoms with van der Waals surface area (Å²) in [6, 6.07) is 1.16. The van der Waals surface area contributed by atoms with E-state index in [0.29, 0.717) is 12.1 Å². The zero-order chi connectivity index (χ0) is 12.8. The molecular formula is C9H5F3N2O3. The average Bonchev–Trinajstić information content (AvgIpc) is 2.54. The lowest BCUT2D eigenvalue weighted by Gasteiger charge is -2.07. The minimum absolute atomic E-state index is 0.157. The van der Waals surface area contributed by atoms with Crippen LogP contribution in [-0.2, 0) is 6.18 Å². The molecule has 0 aliphatic heterocycles. The Kier molecular flexibility index (Phi) is 2.23. The van der Waals surface area contributed by atoms with Crippen LogP contribution in [0.15, 0.2) is 16.9 Å². The third-order valence-electron chi connectivity index (χ3n) is 2.18. The van der Waals surface area contributed by atoms with Crippen LogP contribution in [0.1, 0.15) is 15.9 Å². The van der Waals surface area contributed by atoms with E-state index in [9.17, 15) is 22.8 Å². The molecule has 0 aliphatic rings. The van der Waals surface area contributed by atoms with Crippen LogP contribution in [0.2, 0.25) is 0 Å². The lowest BCUT2D eigenvalue weighted by Crippen LogP contribution is -2.08. The Morgan fingerprint density at radius 2 is 1.88 bits per heavy atom. The molecule has 0 bridgehead atoms. The number of benzene rings is 1. The van der Waals surface area contributed by atoms with Gasteiger partial charge in [-0.2, -0.15) is 13.2 Å². The van der Waals surface area contributed by atoms with Crippen LogP contribution < -0.4 is 5.69 Å². The number of aromatic nitrogens is 2. The van der Waals surface area contributed by atoms with E-state index in [1.165, 1.54) is 0 Å². The molecule has 0 unspecified atom stereocenters. The SMILES string of the molecule is O=C(O)c1cc(C(F)(F)F)cc2[nH]c(=O)[nH]c12. The second kappa shape index (κ2) is 3.37. The molecule has 0 saturated heterocycles. The Morgan fingerprint density at radius 3 is 2.41 bits per heavy atom. The van der Waals surface area contributed by atoms with Crippen molar-refractivity contribution in [2.24, 2.45) is 0 Å². The second-order valence-electron chi connectivity index (χ2n) is 3.33. The van der Waals surface area contributed by atoms with E-state index in [-0.39, 0.29) is 11.0 Å². The number of carboxylic acids is 1.